The molecule has 0 aromatic carbocycles. The van der Waals surface area contributed by atoms with E-state index >= 15 is 0 Å². The molecule has 16 heavy (non-hydrogen) atoms. The SMILES string of the molecule is Cc1nc(C(C)C)sc1CC1CCCCN1. The molecule has 1 saturated heterocycles. The van der Waals surface area contributed by atoms with Crippen molar-refractivity contribution in [2.75, 3.05) is 6.54 Å². The number of aromatic nitrogens is 1. The first-order valence-electron chi connectivity index (χ1n) is 6.36. The fourth-order valence-electron chi connectivity index (χ4n) is 2.21. The van der Waals surface area contributed by atoms with Crippen LogP contribution in [-0.4, -0.2) is 17.6 Å². The van der Waals surface area contributed by atoms with Gasteiger partial charge in [-0.25, -0.2) is 4.98 Å². The van der Waals surface area contributed by atoms with Gasteiger partial charge in [-0.2, -0.15) is 0 Å². The van der Waals surface area contributed by atoms with Gasteiger partial charge in [0.25, 0.3) is 0 Å². The van der Waals surface area contributed by atoms with E-state index in [1.54, 1.807) is 0 Å². The van der Waals surface area contributed by atoms with Gasteiger partial charge in [-0.05, 0) is 32.7 Å². The highest BCUT2D eigenvalue weighted by Crippen LogP contribution is 2.26. The summed E-state index contributed by atoms with van der Waals surface area (Å²) in [5.41, 5.74) is 1.25. The van der Waals surface area contributed by atoms with Crippen LogP contribution in [0.15, 0.2) is 0 Å². The fourth-order valence-corrected chi connectivity index (χ4v) is 3.36. The molecule has 1 aliphatic rings. The normalized spacial score (nSPS) is 21.6. The van der Waals surface area contributed by atoms with E-state index in [1.807, 2.05) is 11.3 Å². The van der Waals surface area contributed by atoms with Crippen molar-refractivity contribution < 1.29 is 0 Å². The van der Waals surface area contributed by atoms with Crippen LogP contribution in [0.2, 0.25) is 0 Å². The van der Waals surface area contributed by atoms with Gasteiger partial charge in [-0.15, -0.1) is 11.3 Å². The van der Waals surface area contributed by atoms with Gasteiger partial charge in [0.15, 0.2) is 0 Å². The quantitative estimate of drug-likeness (QED) is 0.874. The minimum Gasteiger partial charge on any atom is -0.314 e. The Labute approximate surface area is 102 Å². The first-order valence-corrected chi connectivity index (χ1v) is 7.18. The zero-order valence-corrected chi connectivity index (χ0v) is 11.4. The molecule has 1 fully saturated rings. The number of nitrogens with one attached hydrogen (secondary N) is 1. The lowest BCUT2D eigenvalue weighted by atomic mass is 10.0. The molecule has 0 radical (unpaired) electrons. The summed E-state index contributed by atoms with van der Waals surface area (Å²) in [6.07, 6.45) is 5.23. The minimum absolute atomic E-state index is 0.566. The third-order valence-electron chi connectivity index (χ3n) is 3.25. The molecule has 90 valence electrons. The molecular weight excluding hydrogens is 216 g/mol. The number of piperidine rings is 1. The zero-order valence-electron chi connectivity index (χ0n) is 10.5. The van der Waals surface area contributed by atoms with Crippen LogP contribution in [0.4, 0.5) is 0 Å². The maximum Gasteiger partial charge on any atom is 0.0956 e. The predicted molar refractivity (Wildman–Crippen MR) is 70.3 cm³/mol. The van der Waals surface area contributed by atoms with Crippen molar-refractivity contribution in [1.29, 1.82) is 0 Å². The van der Waals surface area contributed by atoms with Gasteiger partial charge in [0, 0.05) is 16.8 Å². The number of hydrogen-bond donors (Lipinski definition) is 1. The molecule has 1 atom stereocenters. The van der Waals surface area contributed by atoms with Crippen LogP contribution in [-0.2, 0) is 6.42 Å². The second kappa shape index (κ2) is 5.28. The molecule has 0 spiro atoms. The second-order valence-electron chi connectivity index (χ2n) is 5.07. The fraction of sp³-hybridized carbons (Fsp3) is 0.769. The Morgan fingerprint density at radius 2 is 2.25 bits per heavy atom. The van der Waals surface area contributed by atoms with Crippen LogP contribution >= 0.6 is 11.3 Å². The van der Waals surface area contributed by atoms with Crippen LogP contribution in [0.5, 0.6) is 0 Å². The third kappa shape index (κ3) is 2.83. The van der Waals surface area contributed by atoms with Crippen molar-refractivity contribution in [3.8, 4) is 0 Å². The Bertz CT molecular complexity index is 338. The van der Waals surface area contributed by atoms with Gasteiger partial charge >= 0.3 is 0 Å². The third-order valence-corrected chi connectivity index (χ3v) is 4.73. The molecule has 0 saturated carbocycles. The van der Waals surface area contributed by atoms with Crippen LogP contribution in [0, 0.1) is 6.92 Å². The summed E-state index contributed by atoms with van der Waals surface area (Å²) >= 11 is 1.91. The highest BCUT2D eigenvalue weighted by molar-refractivity contribution is 7.11. The van der Waals surface area contributed by atoms with Gasteiger partial charge in [0.05, 0.1) is 10.7 Å². The Morgan fingerprint density at radius 1 is 1.44 bits per heavy atom. The molecule has 1 aromatic heterocycles. The summed E-state index contributed by atoms with van der Waals surface area (Å²) in [6, 6.07) is 0.688. The van der Waals surface area contributed by atoms with Crippen LogP contribution in [0.1, 0.15) is 54.6 Å². The van der Waals surface area contributed by atoms with E-state index in [2.05, 4.69) is 31.1 Å². The summed E-state index contributed by atoms with van der Waals surface area (Å²) in [6.45, 7) is 7.79. The summed E-state index contributed by atoms with van der Waals surface area (Å²) in [7, 11) is 0. The molecule has 1 N–H and O–H groups in total. The maximum atomic E-state index is 4.67. The van der Waals surface area contributed by atoms with Gasteiger partial charge in [-0.1, -0.05) is 20.3 Å². The van der Waals surface area contributed by atoms with E-state index in [0.717, 1.165) is 0 Å². The number of nitrogens with zero attached hydrogens (tertiary/aromatic N) is 1. The van der Waals surface area contributed by atoms with Crippen molar-refractivity contribution >= 4 is 11.3 Å². The highest BCUT2D eigenvalue weighted by atomic mass is 32.1. The van der Waals surface area contributed by atoms with E-state index in [1.165, 1.54) is 47.8 Å². The lowest BCUT2D eigenvalue weighted by Gasteiger charge is -2.22. The van der Waals surface area contributed by atoms with E-state index in [0.29, 0.717) is 12.0 Å². The minimum atomic E-state index is 0.566. The lowest BCUT2D eigenvalue weighted by molar-refractivity contribution is 0.400. The molecule has 3 heteroatoms. The largest absolute Gasteiger partial charge is 0.314 e. The molecular formula is C13H22N2S. The first-order chi connectivity index (χ1) is 7.66. The van der Waals surface area contributed by atoms with Gasteiger partial charge in [0.2, 0.25) is 0 Å². The standard InChI is InChI=1S/C13H22N2S/c1-9(2)13-15-10(3)12(16-13)8-11-6-4-5-7-14-11/h9,11,14H,4-8H2,1-3H3. The average molecular weight is 238 g/mol. The molecule has 0 aliphatic carbocycles. The maximum absolute atomic E-state index is 4.67. The first kappa shape index (κ1) is 12.1. The Balaban J connectivity index is 2.02. The van der Waals surface area contributed by atoms with Gasteiger partial charge < -0.3 is 5.32 Å². The van der Waals surface area contributed by atoms with Crippen LogP contribution < -0.4 is 5.32 Å². The van der Waals surface area contributed by atoms with Crippen molar-refractivity contribution in [2.24, 2.45) is 0 Å². The number of thiazole rings is 1. The number of rotatable bonds is 3. The molecule has 2 heterocycles. The van der Waals surface area contributed by atoms with Gasteiger partial charge in [-0.3, -0.25) is 0 Å². The monoisotopic (exact) mass is 238 g/mol. The van der Waals surface area contributed by atoms with Crippen LogP contribution in [0.3, 0.4) is 0 Å². The topological polar surface area (TPSA) is 24.9 Å². The van der Waals surface area contributed by atoms with Crippen LogP contribution in [0.25, 0.3) is 0 Å². The summed E-state index contributed by atoms with van der Waals surface area (Å²) in [5.74, 6) is 0.566. The zero-order chi connectivity index (χ0) is 11.5. The molecule has 1 unspecified atom stereocenters. The van der Waals surface area contributed by atoms with E-state index in [-0.39, 0.29) is 0 Å². The molecule has 1 aliphatic heterocycles. The molecule has 0 amide bonds. The van der Waals surface area contributed by atoms with Crippen molar-refractivity contribution in [3.63, 3.8) is 0 Å². The summed E-state index contributed by atoms with van der Waals surface area (Å²) in [5, 5.41) is 4.91. The number of hydrogen-bond acceptors (Lipinski definition) is 3. The molecule has 2 nitrogen and oxygen atoms in total. The summed E-state index contributed by atoms with van der Waals surface area (Å²) in [4.78, 5) is 6.16. The Hall–Kier alpha value is -0.410. The van der Waals surface area contributed by atoms with E-state index in [4.69, 9.17) is 0 Å². The lowest BCUT2D eigenvalue weighted by Crippen LogP contribution is -2.35. The Morgan fingerprint density at radius 3 is 2.81 bits per heavy atom. The van der Waals surface area contributed by atoms with Crippen molar-refractivity contribution in [3.05, 3.63) is 15.6 Å². The predicted octanol–water partition coefficient (Wildman–Crippen LogP) is 3.26. The smallest absolute Gasteiger partial charge is 0.0956 e. The number of aryl methyl sites for hydroxylation is 1. The van der Waals surface area contributed by atoms with Crippen molar-refractivity contribution in [1.82, 2.24) is 10.3 Å². The average Bonchev–Trinajstić information content (AvgIpc) is 2.62. The highest BCUT2D eigenvalue weighted by Gasteiger charge is 2.17. The Kier molecular flexibility index (Phi) is 3.98. The van der Waals surface area contributed by atoms with Crippen molar-refractivity contribution in [2.45, 2.75) is 58.4 Å². The molecule has 2 rings (SSSR count). The molecule has 0 bridgehead atoms. The second-order valence-corrected chi connectivity index (χ2v) is 6.18. The molecule has 1 aromatic rings. The summed E-state index contributed by atoms with van der Waals surface area (Å²) < 4.78 is 0. The van der Waals surface area contributed by atoms with Gasteiger partial charge in [0.1, 0.15) is 0 Å². The van der Waals surface area contributed by atoms with E-state index in [9.17, 15) is 0 Å². The van der Waals surface area contributed by atoms with E-state index < -0.39 is 0 Å².